The number of aromatic nitrogens is 2. The van der Waals surface area contributed by atoms with Gasteiger partial charge in [-0.05, 0) is 25.7 Å². The van der Waals surface area contributed by atoms with Crippen molar-refractivity contribution < 1.29 is 4.79 Å². The number of carbonyl (C=O) groups excluding carboxylic acids is 1. The molecule has 1 heterocycles. The Morgan fingerprint density at radius 2 is 1.95 bits per heavy atom. The Balaban J connectivity index is 1.93. The fourth-order valence-corrected chi connectivity index (χ4v) is 1.90. The second-order valence-electron chi connectivity index (χ2n) is 5.85. The van der Waals surface area contributed by atoms with Gasteiger partial charge in [-0.15, -0.1) is 0 Å². The summed E-state index contributed by atoms with van der Waals surface area (Å²) in [5.41, 5.74) is 0. The highest BCUT2D eigenvalue weighted by Crippen LogP contribution is 2.38. The molecule has 3 N–H and O–H groups in total. The van der Waals surface area contributed by atoms with E-state index in [1.165, 1.54) is 0 Å². The van der Waals surface area contributed by atoms with Crippen LogP contribution in [0.4, 0.5) is 11.6 Å². The third-order valence-electron chi connectivity index (χ3n) is 3.18. The zero-order chi connectivity index (χ0) is 15.2. The molecule has 0 aliphatic heterocycles. The van der Waals surface area contributed by atoms with E-state index in [2.05, 4.69) is 39.8 Å². The second kappa shape index (κ2) is 7.24. The van der Waals surface area contributed by atoms with E-state index < -0.39 is 0 Å². The van der Waals surface area contributed by atoms with Crippen molar-refractivity contribution in [3.05, 3.63) is 11.9 Å². The topological polar surface area (TPSA) is 78.9 Å². The van der Waals surface area contributed by atoms with Gasteiger partial charge in [-0.25, -0.2) is 9.97 Å². The van der Waals surface area contributed by atoms with Crippen molar-refractivity contribution in [3.8, 4) is 0 Å². The van der Waals surface area contributed by atoms with Crippen LogP contribution >= 0.6 is 0 Å². The minimum Gasteiger partial charge on any atom is -0.370 e. The smallest absolute Gasteiger partial charge is 0.239 e. The summed E-state index contributed by atoms with van der Waals surface area (Å²) >= 11 is 0. The van der Waals surface area contributed by atoms with Crippen LogP contribution in [0, 0.1) is 5.92 Å². The summed E-state index contributed by atoms with van der Waals surface area (Å²) in [5.74, 6) is 3.33. The van der Waals surface area contributed by atoms with Crippen molar-refractivity contribution in [3.63, 3.8) is 0 Å². The van der Waals surface area contributed by atoms with Crippen LogP contribution < -0.4 is 16.0 Å². The van der Waals surface area contributed by atoms with Gasteiger partial charge in [0.15, 0.2) is 0 Å². The molecule has 6 heteroatoms. The average molecular weight is 291 g/mol. The lowest BCUT2D eigenvalue weighted by atomic mass is 10.2. The summed E-state index contributed by atoms with van der Waals surface area (Å²) in [7, 11) is 0. The number of hydrogen-bond donors (Lipinski definition) is 3. The van der Waals surface area contributed by atoms with E-state index >= 15 is 0 Å². The highest BCUT2D eigenvalue weighted by Gasteiger charge is 2.27. The van der Waals surface area contributed by atoms with Gasteiger partial charge >= 0.3 is 0 Å². The normalized spacial score (nSPS) is 14.1. The molecular formula is C15H25N5O. The van der Waals surface area contributed by atoms with Gasteiger partial charge in [-0.3, -0.25) is 4.79 Å². The average Bonchev–Trinajstić information content (AvgIpc) is 3.27. The van der Waals surface area contributed by atoms with Crippen LogP contribution in [0.5, 0.6) is 0 Å². The fourth-order valence-electron chi connectivity index (χ4n) is 1.90. The van der Waals surface area contributed by atoms with Gasteiger partial charge in [0.25, 0.3) is 0 Å². The molecule has 0 bridgehead atoms. The Bertz CT molecular complexity index is 485. The van der Waals surface area contributed by atoms with Crippen LogP contribution in [-0.4, -0.2) is 35.5 Å². The van der Waals surface area contributed by atoms with Crippen molar-refractivity contribution in [1.29, 1.82) is 0 Å². The number of rotatable bonds is 8. The van der Waals surface area contributed by atoms with Gasteiger partial charge in [-0.1, -0.05) is 13.8 Å². The quantitative estimate of drug-likeness (QED) is 0.682. The predicted octanol–water partition coefficient (Wildman–Crippen LogP) is 1.97. The van der Waals surface area contributed by atoms with Gasteiger partial charge in [0.05, 0.1) is 6.54 Å². The molecule has 0 aromatic carbocycles. The van der Waals surface area contributed by atoms with E-state index in [1.807, 2.05) is 13.0 Å². The van der Waals surface area contributed by atoms with Crippen LogP contribution in [0.3, 0.4) is 0 Å². The second-order valence-corrected chi connectivity index (χ2v) is 5.85. The molecule has 0 atom stereocenters. The maximum atomic E-state index is 11.7. The van der Waals surface area contributed by atoms with Crippen molar-refractivity contribution in [1.82, 2.24) is 15.3 Å². The zero-order valence-electron chi connectivity index (χ0n) is 13.1. The number of amides is 1. The maximum absolute atomic E-state index is 11.7. The fraction of sp³-hybridized carbons (Fsp3) is 0.667. The van der Waals surface area contributed by atoms with E-state index in [-0.39, 0.29) is 12.5 Å². The first-order valence-corrected chi connectivity index (χ1v) is 7.72. The molecule has 1 saturated carbocycles. The predicted molar refractivity (Wildman–Crippen MR) is 84.5 cm³/mol. The molecule has 1 aromatic rings. The van der Waals surface area contributed by atoms with Crippen molar-refractivity contribution in [2.45, 2.75) is 39.5 Å². The Morgan fingerprint density at radius 3 is 2.52 bits per heavy atom. The van der Waals surface area contributed by atoms with Gasteiger partial charge in [-0.2, -0.15) is 0 Å². The number of nitrogens with zero attached hydrogens (tertiary/aromatic N) is 2. The van der Waals surface area contributed by atoms with Crippen LogP contribution in [-0.2, 0) is 4.79 Å². The molecule has 116 valence electrons. The lowest BCUT2D eigenvalue weighted by molar-refractivity contribution is -0.119. The summed E-state index contributed by atoms with van der Waals surface area (Å²) in [4.78, 5) is 20.7. The molecule has 2 rings (SSSR count). The van der Waals surface area contributed by atoms with E-state index in [0.29, 0.717) is 24.2 Å². The Labute approximate surface area is 126 Å². The van der Waals surface area contributed by atoms with Gasteiger partial charge in [0, 0.05) is 25.1 Å². The van der Waals surface area contributed by atoms with Gasteiger partial charge in [0.1, 0.15) is 17.5 Å². The monoisotopic (exact) mass is 291 g/mol. The molecule has 1 fully saturated rings. The summed E-state index contributed by atoms with van der Waals surface area (Å²) in [6.07, 6.45) is 2.31. The maximum Gasteiger partial charge on any atom is 0.239 e. The lowest BCUT2D eigenvalue weighted by Gasteiger charge is -2.11. The van der Waals surface area contributed by atoms with E-state index in [0.717, 1.165) is 31.0 Å². The molecule has 0 spiro atoms. The standard InChI is InChI=1S/C15H25N5O/c1-4-16-12-7-13(20-15(19-12)11-5-6-11)17-9-14(21)18-8-10(2)3/h7,10-11H,4-6,8-9H2,1-3H3,(H,18,21)(H2,16,17,19,20). The molecule has 6 nitrogen and oxygen atoms in total. The molecule has 21 heavy (non-hydrogen) atoms. The molecular weight excluding hydrogens is 266 g/mol. The largest absolute Gasteiger partial charge is 0.370 e. The van der Waals surface area contributed by atoms with Crippen molar-refractivity contribution in [2.24, 2.45) is 5.92 Å². The van der Waals surface area contributed by atoms with E-state index in [9.17, 15) is 4.79 Å². The van der Waals surface area contributed by atoms with Crippen LogP contribution in [0.25, 0.3) is 0 Å². The first kappa shape index (κ1) is 15.5. The number of nitrogens with one attached hydrogen (secondary N) is 3. The van der Waals surface area contributed by atoms with Gasteiger partial charge < -0.3 is 16.0 Å². The molecule has 1 amide bonds. The third-order valence-corrected chi connectivity index (χ3v) is 3.18. The minimum atomic E-state index is -0.0136. The summed E-state index contributed by atoms with van der Waals surface area (Å²) < 4.78 is 0. The first-order valence-electron chi connectivity index (χ1n) is 7.72. The first-order chi connectivity index (χ1) is 10.1. The van der Waals surface area contributed by atoms with Gasteiger partial charge in [0.2, 0.25) is 5.91 Å². The molecule has 1 aliphatic carbocycles. The van der Waals surface area contributed by atoms with Crippen molar-refractivity contribution in [2.75, 3.05) is 30.3 Å². The number of hydrogen-bond acceptors (Lipinski definition) is 5. The highest BCUT2D eigenvalue weighted by atomic mass is 16.1. The number of anilines is 2. The highest BCUT2D eigenvalue weighted by molar-refractivity contribution is 5.80. The Hall–Kier alpha value is -1.85. The molecule has 0 unspecified atom stereocenters. The van der Waals surface area contributed by atoms with Crippen molar-refractivity contribution >= 4 is 17.5 Å². The number of carbonyl (C=O) groups is 1. The molecule has 1 aromatic heterocycles. The molecule has 0 radical (unpaired) electrons. The third kappa shape index (κ3) is 5.21. The summed E-state index contributed by atoms with van der Waals surface area (Å²) in [5, 5.41) is 9.18. The SMILES string of the molecule is CCNc1cc(NCC(=O)NCC(C)C)nc(C2CC2)n1. The summed E-state index contributed by atoms with van der Waals surface area (Å²) in [6.45, 7) is 7.92. The minimum absolute atomic E-state index is 0.0136. The van der Waals surface area contributed by atoms with Crippen LogP contribution in [0.1, 0.15) is 45.4 Å². The lowest BCUT2D eigenvalue weighted by Crippen LogP contribution is -2.32. The molecule has 1 aliphatic rings. The van der Waals surface area contributed by atoms with Crippen LogP contribution in [0.15, 0.2) is 6.07 Å². The Kier molecular flexibility index (Phi) is 5.36. The van der Waals surface area contributed by atoms with E-state index in [1.54, 1.807) is 0 Å². The zero-order valence-corrected chi connectivity index (χ0v) is 13.1. The molecule has 0 saturated heterocycles. The van der Waals surface area contributed by atoms with Crippen LogP contribution in [0.2, 0.25) is 0 Å². The Morgan fingerprint density at radius 1 is 1.29 bits per heavy atom. The summed E-state index contributed by atoms with van der Waals surface area (Å²) in [6, 6.07) is 1.85. The van der Waals surface area contributed by atoms with E-state index in [4.69, 9.17) is 0 Å².